The monoisotopic (exact) mass is 1120 g/mol. The lowest BCUT2D eigenvalue weighted by Gasteiger charge is -2.32. The van der Waals surface area contributed by atoms with E-state index in [1.165, 1.54) is 24.6 Å². The molecule has 2 aromatic heterocycles. The maximum Gasteiger partial charge on any atom is 0.490 e. The smallest absolute Gasteiger partial charge is 0.490 e. The molecule has 9 rings (SSSR count). The molecule has 420 valence electrons. The Kier molecular flexibility index (Phi) is 18.0. The molecule has 0 radical (unpaired) electrons. The fraction of sp³-hybridized carbons (Fsp3) is 0.607. The van der Waals surface area contributed by atoms with Gasteiger partial charge in [-0.1, -0.05) is 52.0 Å². The molecule has 2 atom stereocenters. The highest BCUT2D eigenvalue weighted by atomic mass is 79.9. The van der Waals surface area contributed by atoms with Crippen molar-refractivity contribution in [2.75, 3.05) is 20.3 Å². The van der Waals surface area contributed by atoms with E-state index in [1.54, 1.807) is 16.4 Å². The van der Waals surface area contributed by atoms with Gasteiger partial charge < -0.3 is 38.1 Å². The Hall–Kier alpha value is -4.74. The molecule has 14 nitrogen and oxygen atoms in total. The Morgan fingerprint density at radius 2 is 1.17 bits per heavy atom. The highest BCUT2D eigenvalue weighted by Crippen LogP contribution is 2.46. The van der Waals surface area contributed by atoms with E-state index < -0.39 is 35.3 Å². The molecule has 2 aromatic carbocycles. The highest BCUT2D eigenvalue weighted by Gasteiger charge is 2.52. The van der Waals surface area contributed by atoms with E-state index in [0.29, 0.717) is 21.4 Å². The van der Waals surface area contributed by atoms with Crippen LogP contribution in [0.2, 0.25) is 0 Å². The van der Waals surface area contributed by atoms with Crippen molar-refractivity contribution in [3.8, 4) is 33.8 Å². The molecule has 3 aliphatic heterocycles. The quantitative estimate of drug-likeness (QED) is 0.119. The van der Waals surface area contributed by atoms with E-state index in [0.717, 1.165) is 122 Å². The summed E-state index contributed by atoms with van der Waals surface area (Å²) in [5.74, 6) is 0.363. The SMILES string of the molecule is CC1(C)CC=C(B2OC(C)(C)C(C)(C)O2)CC1.COC(=O)C(OC(C)(C)C)c1c(-c2ccc3c(c2)CCCO3)c(Br)nn1C.Cn1nc(C2=CCC(C)(C)CC2)c(-c2ccc3c(c2)CCCO3)c1C(OC(C)(C)C)C(=O)O. The molecular formula is C61H86BBrN4O10. The second kappa shape index (κ2) is 23.2. The molecule has 16 heteroatoms. The normalized spacial score (nSPS) is 20.0. The minimum absolute atomic E-state index is 0.129. The van der Waals surface area contributed by atoms with E-state index in [9.17, 15) is 14.7 Å². The third kappa shape index (κ3) is 14.4. The van der Waals surface area contributed by atoms with Crippen LogP contribution in [0, 0.1) is 10.8 Å². The standard InChI is InChI=1S/C27H36N2O4.C20H25BrN2O4.C14H25BO2/c1-26(2,3)33-24(25(30)31)23-21(19-9-10-20-18(16-19)8-7-15-32-20)22(28-29(23)6)17-11-13-27(4,5)14-12-17;1-20(2,3)27-17(19(24)25-5)16-15(18(21)22-23(16)4)13-8-9-14-12(11-13)7-6-10-26-14;1-12(2)9-7-11(8-10-12)15-16-13(3,4)14(5,6)17-15/h9-11,16,24H,7-8,12-15H2,1-6H3,(H,30,31);8-9,11,17H,6-7,10H2,1-5H3;7H,8-10H2,1-6H3. The van der Waals surface area contributed by atoms with Crippen molar-refractivity contribution < 1.29 is 47.7 Å². The number of esters is 1. The van der Waals surface area contributed by atoms with Crippen LogP contribution in [-0.4, -0.2) is 86.5 Å². The number of carbonyl (C=O) groups is 2. The predicted molar refractivity (Wildman–Crippen MR) is 307 cm³/mol. The topological polar surface area (TPSA) is 155 Å². The average Bonchev–Trinajstić information content (AvgIpc) is 3.97. The predicted octanol–water partition coefficient (Wildman–Crippen LogP) is 13.9. The molecule has 0 bridgehead atoms. The van der Waals surface area contributed by atoms with Gasteiger partial charge in [-0.25, -0.2) is 9.59 Å². The minimum Gasteiger partial charge on any atom is -0.493 e. The summed E-state index contributed by atoms with van der Waals surface area (Å²) in [4.78, 5) is 25.0. The maximum atomic E-state index is 12.5. The van der Waals surface area contributed by atoms with Gasteiger partial charge in [-0.2, -0.15) is 10.2 Å². The van der Waals surface area contributed by atoms with E-state index in [1.807, 2.05) is 72.9 Å². The molecule has 1 fully saturated rings. The number of carbonyl (C=O) groups excluding carboxylic acids is 1. The number of carboxylic acids is 1. The molecule has 0 amide bonds. The number of fused-ring (bicyclic) bond motifs is 2. The van der Waals surface area contributed by atoms with Gasteiger partial charge in [0, 0.05) is 25.2 Å². The third-order valence-corrected chi connectivity index (χ3v) is 16.0. The number of rotatable bonds is 10. The number of halogens is 1. The zero-order valence-electron chi connectivity index (χ0n) is 49.1. The Bertz CT molecular complexity index is 2850. The second-order valence-electron chi connectivity index (χ2n) is 25.9. The number of hydrogen-bond donors (Lipinski definition) is 1. The highest BCUT2D eigenvalue weighted by molar-refractivity contribution is 9.10. The number of benzene rings is 2. The summed E-state index contributed by atoms with van der Waals surface area (Å²) in [6.45, 7) is 30.5. The van der Waals surface area contributed by atoms with Gasteiger partial charge in [0.05, 0.1) is 59.8 Å². The van der Waals surface area contributed by atoms with Crippen LogP contribution in [0.5, 0.6) is 11.5 Å². The van der Waals surface area contributed by atoms with Crippen LogP contribution in [0.3, 0.4) is 0 Å². The van der Waals surface area contributed by atoms with E-state index >= 15 is 0 Å². The van der Waals surface area contributed by atoms with Gasteiger partial charge in [-0.05, 0) is 218 Å². The zero-order valence-corrected chi connectivity index (χ0v) is 50.7. The lowest BCUT2D eigenvalue weighted by Crippen LogP contribution is -2.41. The van der Waals surface area contributed by atoms with Crippen LogP contribution in [0.15, 0.2) is 58.6 Å². The van der Waals surface area contributed by atoms with Crippen molar-refractivity contribution in [1.29, 1.82) is 0 Å². The second-order valence-corrected chi connectivity index (χ2v) is 26.6. The van der Waals surface area contributed by atoms with Crippen molar-refractivity contribution in [2.45, 2.75) is 196 Å². The summed E-state index contributed by atoms with van der Waals surface area (Å²) < 4.78 is 44.9. The molecule has 4 aromatic rings. The molecule has 2 unspecified atom stereocenters. The fourth-order valence-corrected chi connectivity index (χ4v) is 11.0. The summed E-state index contributed by atoms with van der Waals surface area (Å²) in [5.41, 5.74) is 9.65. The number of ether oxygens (including phenoxy) is 5. The Balaban J connectivity index is 0.000000176. The Morgan fingerprint density at radius 3 is 1.64 bits per heavy atom. The van der Waals surface area contributed by atoms with Gasteiger partial charge in [0.1, 0.15) is 16.1 Å². The first-order chi connectivity index (χ1) is 35.8. The molecule has 0 spiro atoms. The van der Waals surface area contributed by atoms with Gasteiger partial charge in [-0.3, -0.25) is 9.36 Å². The van der Waals surface area contributed by atoms with Gasteiger partial charge >= 0.3 is 19.1 Å². The molecule has 77 heavy (non-hydrogen) atoms. The molecule has 0 saturated carbocycles. The summed E-state index contributed by atoms with van der Waals surface area (Å²) in [5, 5.41) is 19.5. The molecule has 2 aliphatic carbocycles. The summed E-state index contributed by atoms with van der Waals surface area (Å²) in [7, 11) is 4.85. The van der Waals surface area contributed by atoms with Crippen LogP contribution < -0.4 is 9.47 Å². The Morgan fingerprint density at radius 1 is 0.688 bits per heavy atom. The third-order valence-electron chi connectivity index (χ3n) is 15.5. The van der Waals surface area contributed by atoms with Crippen molar-refractivity contribution in [3.63, 3.8) is 0 Å². The van der Waals surface area contributed by atoms with E-state index in [-0.39, 0.29) is 23.7 Å². The average molecular weight is 1130 g/mol. The molecule has 5 heterocycles. The van der Waals surface area contributed by atoms with Crippen LogP contribution in [-0.2, 0) is 60.0 Å². The number of methoxy groups -OCH3 is 1. The molecule has 1 N–H and O–H groups in total. The van der Waals surface area contributed by atoms with Gasteiger partial charge in [-0.15, -0.1) is 0 Å². The summed E-state index contributed by atoms with van der Waals surface area (Å²) in [6.07, 6.45) is 12.9. The van der Waals surface area contributed by atoms with Gasteiger partial charge in [0.2, 0.25) is 0 Å². The first kappa shape index (κ1) is 59.9. The number of aryl methyl sites for hydroxylation is 4. The lowest BCUT2D eigenvalue weighted by atomic mass is 9.67. The van der Waals surface area contributed by atoms with Crippen molar-refractivity contribution >= 4 is 40.6 Å². The summed E-state index contributed by atoms with van der Waals surface area (Å²) >= 11 is 3.55. The number of carboxylic acid groups (broad SMARTS) is 1. The molecule has 5 aliphatic rings. The number of aliphatic carboxylic acids is 1. The van der Waals surface area contributed by atoms with E-state index in [2.05, 4.69) is 101 Å². The van der Waals surface area contributed by atoms with E-state index in [4.69, 9.17) is 38.1 Å². The minimum atomic E-state index is -1.13. The van der Waals surface area contributed by atoms with Gasteiger partial charge in [0.25, 0.3) is 0 Å². The largest absolute Gasteiger partial charge is 0.493 e. The van der Waals surface area contributed by atoms with Crippen molar-refractivity contribution in [2.24, 2.45) is 24.9 Å². The number of allylic oxidation sites excluding steroid dienone is 4. The van der Waals surface area contributed by atoms with Crippen LogP contribution >= 0.6 is 15.9 Å². The van der Waals surface area contributed by atoms with Crippen LogP contribution in [0.25, 0.3) is 27.8 Å². The number of aromatic nitrogens is 4. The zero-order chi connectivity index (χ0) is 56.6. The van der Waals surface area contributed by atoms with Gasteiger partial charge in [0.15, 0.2) is 12.2 Å². The fourth-order valence-electron chi connectivity index (χ4n) is 10.3. The van der Waals surface area contributed by atoms with Crippen LogP contribution in [0.4, 0.5) is 0 Å². The number of nitrogens with zero attached hydrogens (tertiary/aromatic N) is 4. The maximum absolute atomic E-state index is 12.5. The Labute approximate surface area is 467 Å². The van der Waals surface area contributed by atoms with Crippen molar-refractivity contribution in [1.82, 2.24) is 19.6 Å². The molecule has 1 saturated heterocycles. The number of hydrogen-bond acceptors (Lipinski definition) is 11. The summed E-state index contributed by atoms with van der Waals surface area (Å²) in [6, 6.07) is 12.2. The van der Waals surface area contributed by atoms with Crippen molar-refractivity contribution in [3.05, 3.63) is 86.8 Å². The van der Waals surface area contributed by atoms with Crippen LogP contribution in [0.1, 0.15) is 189 Å². The lowest BCUT2D eigenvalue weighted by molar-refractivity contribution is -0.165. The molecular weight excluding hydrogens is 1040 g/mol. The first-order valence-electron chi connectivity index (χ1n) is 27.5. The first-order valence-corrected chi connectivity index (χ1v) is 28.3.